The maximum absolute atomic E-state index is 4.41. The lowest BCUT2D eigenvalue weighted by atomic mass is 10.00. The van der Waals surface area contributed by atoms with E-state index in [-0.39, 0.29) is 0 Å². The number of hydrogen-bond acceptors (Lipinski definition) is 2. The molecule has 3 nitrogen and oxygen atoms in total. The maximum atomic E-state index is 4.41. The van der Waals surface area contributed by atoms with E-state index in [2.05, 4.69) is 56.3 Å². The molecule has 2 rings (SSSR count). The Hall–Kier alpha value is -1.77. The first-order chi connectivity index (χ1) is 8.47. The van der Waals surface area contributed by atoms with E-state index in [0.29, 0.717) is 0 Å². The second kappa shape index (κ2) is 4.84. The summed E-state index contributed by atoms with van der Waals surface area (Å²) in [5.41, 5.74) is 6.53. The average Bonchev–Trinajstić information content (AvgIpc) is 2.56. The predicted octanol–water partition coefficient (Wildman–Crippen LogP) is 3.27. The number of hydrogen-bond donors (Lipinski definition) is 1. The van der Waals surface area contributed by atoms with Gasteiger partial charge in [-0.15, -0.1) is 0 Å². The van der Waals surface area contributed by atoms with E-state index in [4.69, 9.17) is 0 Å². The Kier molecular flexibility index (Phi) is 3.41. The van der Waals surface area contributed by atoms with Crippen LogP contribution < -0.4 is 5.32 Å². The van der Waals surface area contributed by atoms with Crippen LogP contribution in [0.15, 0.2) is 18.2 Å². The molecule has 0 aliphatic rings. The predicted molar refractivity (Wildman–Crippen MR) is 75.9 cm³/mol. The number of aryl methyl sites for hydroxylation is 5. The van der Waals surface area contributed by atoms with Crippen LogP contribution in [0, 0.1) is 27.7 Å². The summed E-state index contributed by atoms with van der Waals surface area (Å²) in [5, 5.41) is 7.80. The van der Waals surface area contributed by atoms with Gasteiger partial charge < -0.3 is 5.32 Å². The molecule has 1 N–H and O–H groups in total. The summed E-state index contributed by atoms with van der Waals surface area (Å²) >= 11 is 0. The third kappa shape index (κ3) is 2.55. The van der Waals surface area contributed by atoms with Gasteiger partial charge >= 0.3 is 0 Å². The van der Waals surface area contributed by atoms with Crippen molar-refractivity contribution in [3.8, 4) is 0 Å². The topological polar surface area (TPSA) is 29.9 Å². The van der Waals surface area contributed by atoms with Gasteiger partial charge in [-0.05, 0) is 44.4 Å². The van der Waals surface area contributed by atoms with E-state index in [0.717, 1.165) is 18.1 Å². The van der Waals surface area contributed by atoms with E-state index in [1.165, 1.54) is 22.3 Å². The van der Waals surface area contributed by atoms with Crippen molar-refractivity contribution in [2.24, 2.45) is 7.05 Å². The van der Waals surface area contributed by atoms with Crippen molar-refractivity contribution in [2.45, 2.75) is 34.2 Å². The van der Waals surface area contributed by atoms with Crippen LogP contribution in [0.4, 0.5) is 5.82 Å². The molecule has 0 saturated heterocycles. The van der Waals surface area contributed by atoms with Crippen LogP contribution in [0.5, 0.6) is 0 Å². The summed E-state index contributed by atoms with van der Waals surface area (Å²) in [4.78, 5) is 0. The zero-order valence-electron chi connectivity index (χ0n) is 11.8. The highest BCUT2D eigenvalue weighted by atomic mass is 15.3. The van der Waals surface area contributed by atoms with Gasteiger partial charge in [0.1, 0.15) is 5.82 Å². The van der Waals surface area contributed by atoms with Gasteiger partial charge in [0.05, 0.1) is 0 Å². The molecule has 96 valence electrons. The Morgan fingerprint density at radius 2 is 1.67 bits per heavy atom. The fraction of sp³-hybridized carbons (Fsp3) is 0.400. The number of benzene rings is 1. The maximum Gasteiger partial charge on any atom is 0.148 e. The summed E-state index contributed by atoms with van der Waals surface area (Å²) in [7, 11) is 1.96. The normalized spacial score (nSPS) is 10.7. The number of rotatable bonds is 3. The van der Waals surface area contributed by atoms with Crippen molar-refractivity contribution in [2.75, 3.05) is 5.32 Å². The first kappa shape index (κ1) is 12.7. The molecule has 2 aromatic rings. The van der Waals surface area contributed by atoms with Gasteiger partial charge in [-0.25, -0.2) is 0 Å². The molecule has 0 bridgehead atoms. The van der Waals surface area contributed by atoms with Crippen molar-refractivity contribution in [3.63, 3.8) is 0 Å². The number of aromatic nitrogens is 2. The third-order valence-corrected chi connectivity index (χ3v) is 3.40. The standard InChI is InChI=1S/C15H21N3/c1-10-6-11(2)14(12(3)7-10)9-16-15-8-13(4)18(5)17-15/h6-8H,9H2,1-5H3,(H,16,17). The van der Waals surface area contributed by atoms with Crippen molar-refractivity contribution in [1.82, 2.24) is 9.78 Å². The van der Waals surface area contributed by atoms with Crippen LogP contribution in [-0.4, -0.2) is 9.78 Å². The van der Waals surface area contributed by atoms with Gasteiger partial charge in [-0.1, -0.05) is 17.7 Å². The third-order valence-electron chi connectivity index (χ3n) is 3.40. The minimum absolute atomic E-state index is 0.828. The van der Waals surface area contributed by atoms with Crippen molar-refractivity contribution >= 4 is 5.82 Å². The first-order valence-electron chi connectivity index (χ1n) is 6.28. The largest absolute Gasteiger partial charge is 0.364 e. The molecular formula is C15H21N3. The lowest BCUT2D eigenvalue weighted by Gasteiger charge is -2.11. The Balaban J connectivity index is 2.15. The molecule has 0 spiro atoms. The summed E-state index contributed by atoms with van der Waals surface area (Å²) in [5.74, 6) is 0.939. The lowest BCUT2D eigenvalue weighted by Crippen LogP contribution is -2.05. The van der Waals surface area contributed by atoms with Crippen molar-refractivity contribution in [1.29, 1.82) is 0 Å². The van der Waals surface area contributed by atoms with E-state index >= 15 is 0 Å². The van der Waals surface area contributed by atoms with E-state index < -0.39 is 0 Å². The van der Waals surface area contributed by atoms with Crippen LogP contribution >= 0.6 is 0 Å². The molecule has 1 aromatic heterocycles. The Bertz CT molecular complexity index is 525. The van der Waals surface area contributed by atoms with Crippen LogP contribution in [0.2, 0.25) is 0 Å². The second-order valence-corrected chi connectivity index (χ2v) is 5.03. The summed E-state index contributed by atoms with van der Waals surface area (Å²) in [6.07, 6.45) is 0. The van der Waals surface area contributed by atoms with Crippen molar-refractivity contribution < 1.29 is 0 Å². The van der Waals surface area contributed by atoms with E-state index in [1.54, 1.807) is 0 Å². The summed E-state index contributed by atoms with van der Waals surface area (Å²) < 4.78 is 1.89. The van der Waals surface area contributed by atoms with Crippen LogP contribution in [0.3, 0.4) is 0 Å². The molecule has 0 aliphatic heterocycles. The van der Waals surface area contributed by atoms with Crippen LogP contribution in [-0.2, 0) is 13.6 Å². The van der Waals surface area contributed by atoms with E-state index in [9.17, 15) is 0 Å². The smallest absolute Gasteiger partial charge is 0.148 e. The van der Waals surface area contributed by atoms with Gasteiger partial charge in [0.2, 0.25) is 0 Å². The summed E-state index contributed by atoms with van der Waals surface area (Å²) in [6.45, 7) is 9.36. The SMILES string of the molecule is Cc1cc(C)c(CNc2cc(C)n(C)n2)c(C)c1. The van der Waals surface area contributed by atoms with E-state index in [1.807, 2.05) is 11.7 Å². The van der Waals surface area contributed by atoms with Crippen LogP contribution in [0.1, 0.15) is 27.9 Å². The molecule has 0 fully saturated rings. The molecular weight excluding hydrogens is 222 g/mol. The highest BCUT2D eigenvalue weighted by Crippen LogP contribution is 2.18. The zero-order valence-corrected chi connectivity index (χ0v) is 11.8. The highest BCUT2D eigenvalue weighted by Gasteiger charge is 2.05. The van der Waals surface area contributed by atoms with Gasteiger partial charge in [-0.2, -0.15) is 5.10 Å². The van der Waals surface area contributed by atoms with Gasteiger partial charge in [0.15, 0.2) is 0 Å². The summed E-state index contributed by atoms with van der Waals surface area (Å²) in [6, 6.07) is 6.53. The average molecular weight is 243 g/mol. The van der Waals surface area contributed by atoms with Gasteiger partial charge in [0.25, 0.3) is 0 Å². The van der Waals surface area contributed by atoms with Gasteiger partial charge in [0, 0.05) is 25.4 Å². The van der Waals surface area contributed by atoms with Crippen molar-refractivity contribution in [3.05, 3.63) is 46.1 Å². The Morgan fingerprint density at radius 1 is 1.06 bits per heavy atom. The molecule has 0 aliphatic carbocycles. The fourth-order valence-electron chi connectivity index (χ4n) is 2.31. The molecule has 0 radical (unpaired) electrons. The Labute approximate surface area is 109 Å². The highest BCUT2D eigenvalue weighted by molar-refractivity contribution is 5.42. The number of nitrogens with zero attached hydrogens (tertiary/aromatic N) is 2. The molecule has 18 heavy (non-hydrogen) atoms. The molecule has 3 heteroatoms. The quantitative estimate of drug-likeness (QED) is 0.896. The minimum atomic E-state index is 0.828. The zero-order chi connectivity index (χ0) is 13.3. The molecule has 0 atom stereocenters. The molecule has 1 aromatic carbocycles. The molecule has 1 heterocycles. The molecule has 0 amide bonds. The van der Waals surface area contributed by atoms with Crippen LogP contribution in [0.25, 0.3) is 0 Å². The first-order valence-corrected chi connectivity index (χ1v) is 6.28. The minimum Gasteiger partial charge on any atom is -0.364 e. The molecule has 0 saturated carbocycles. The lowest BCUT2D eigenvalue weighted by molar-refractivity contribution is 0.741. The van der Waals surface area contributed by atoms with Gasteiger partial charge in [-0.3, -0.25) is 4.68 Å². The number of anilines is 1. The molecule has 0 unspecified atom stereocenters. The monoisotopic (exact) mass is 243 g/mol. The Morgan fingerprint density at radius 3 is 2.17 bits per heavy atom. The number of nitrogens with one attached hydrogen (secondary N) is 1. The fourth-order valence-corrected chi connectivity index (χ4v) is 2.31. The second-order valence-electron chi connectivity index (χ2n) is 5.03.